The number of carboxylic acids is 1. The normalized spacial score (nSPS) is 13.1. The highest BCUT2D eigenvalue weighted by Crippen LogP contribution is 2.37. The van der Waals surface area contributed by atoms with Gasteiger partial charge >= 0.3 is 5.97 Å². The van der Waals surface area contributed by atoms with Gasteiger partial charge in [-0.15, -0.1) is 0 Å². The van der Waals surface area contributed by atoms with Crippen molar-refractivity contribution < 1.29 is 41.8 Å². The molecule has 68 heavy (non-hydrogen) atoms. The predicted octanol–water partition coefficient (Wildman–Crippen LogP) is 7.70. The second-order valence-electron chi connectivity index (χ2n) is 16.1. The van der Waals surface area contributed by atoms with E-state index in [1.54, 1.807) is 26.5 Å². The van der Waals surface area contributed by atoms with Crippen molar-refractivity contribution in [3.63, 3.8) is 0 Å². The van der Waals surface area contributed by atoms with Gasteiger partial charge < -0.3 is 44.2 Å². The van der Waals surface area contributed by atoms with Crippen LogP contribution in [0, 0.1) is 0 Å². The summed E-state index contributed by atoms with van der Waals surface area (Å²) in [6.07, 6.45) is 5.76. The van der Waals surface area contributed by atoms with Crippen LogP contribution in [0.3, 0.4) is 0 Å². The first-order valence-electron chi connectivity index (χ1n) is 22.0. The summed E-state index contributed by atoms with van der Waals surface area (Å²) in [6, 6.07) is 34.8. The standard InChI is InChI=1S/C26H28N2O3.C19H23NO2.C6H5NO3.CH4O3S/c1-4-19-5-7-20(8-6-19)17-31-25-10-9-21(13-26(25)30-3)22-15-28(16-22)18(2)24-14-23(29)11-12-27-24;1-3-14-4-6-15(7-5-14)13-22-18-9-8-16(10-19(18)21-2)17-11-20-12-17;8-4-1-2-7-5(3-4)6(9)10;1-5(2,3)4/h5-14,22H,2,4,15-17H2,1,3H3,(H,27,29);4-10,17,20H,3,11-13H2,1-2H3;1-3H,(H,7,8)(H,9,10);1H3,(H,2,3,4). The van der Waals surface area contributed by atoms with Crippen molar-refractivity contribution in [2.75, 3.05) is 46.7 Å². The Morgan fingerprint density at radius 2 is 1.06 bits per heavy atom. The molecule has 0 bridgehead atoms. The maximum atomic E-state index is 11.6. The molecule has 2 fully saturated rings. The van der Waals surface area contributed by atoms with E-state index in [1.807, 2.05) is 12.1 Å². The van der Waals surface area contributed by atoms with Crippen LogP contribution in [0.4, 0.5) is 0 Å². The quantitative estimate of drug-likeness (QED) is 0.0626. The van der Waals surface area contributed by atoms with Crippen LogP contribution in [0.15, 0.2) is 138 Å². The molecule has 2 saturated heterocycles. The molecule has 0 unspecified atom stereocenters. The zero-order valence-corrected chi connectivity index (χ0v) is 39.8. The molecule has 2 aliphatic rings. The Balaban J connectivity index is 0.000000201. The number of pyridine rings is 2. The number of methoxy groups -OCH3 is 2. The second-order valence-corrected chi connectivity index (χ2v) is 17.5. The maximum Gasteiger partial charge on any atom is 0.352 e. The van der Waals surface area contributed by atoms with Crippen LogP contribution < -0.4 is 35.1 Å². The van der Waals surface area contributed by atoms with Crippen LogP contribution in [-0.4, -0.2) is 85.6 Å². The molecule has 5 N–H and O–H groups in total. The Labute approximate surface area is 397 Å². The summed E-state index contributed by atoms with van der Waals surface area (Å²) in [7, 11) is -0.302. The van der Waals surface area contributed by atoms with Gasteiger partial charge in [-0.1, -0.05) is 81.1 Å². The summed E-state index contributed by atoms with van der Waals surface area (Å²) >= 11 is 0. The molecule has 2 aromatic heterocycles. The SMILES string of the molecule is C=C(c1cc(=O)cc[nH]1)N1CC(c2ccc(OCc3ccc(CC)cc3)c(OC)c2)C1.CCc1ccc(COc2ccc(C3CNC3)cc2OC)cc1.CS(=O)(=O)O.O=C(O)c1cc(=O)cc[nH]1. The van der Waals surface area contributed by atoms with Crippen LogP contribution in [0.1, 0.15) is 75.2 Å². The summed E-state index contributed by atoms with van der Waals surface area (Å²) in [4.78, 5) is 40.0. The third-order valence-corrected chi connectivity index (χ3v) is 11.1. The molecule has 0 atom stereocenters. The summed E-state index contributed by atoms with van der Waals surface area (Å²) in [5.41, 5.74) is 8.69. The molecule has 8 rings (SSSR count). The smallest absolute Gasteiger partial charge is 0.352 e. The van der Waals surface area contributed by atoms with E-state index in [9.17, 15) is 22.8 Å². The van der Waals surface area contributed by atoms with Gasteiger partial charge in [0, 0.05) is 74.7 Å². The fourth-order valence-corrected chi connectivity index (χ4v) is 6.97. The fourth-order valence-electron chi connectivity index (χ4n) is 6.97. The van der Waals surface area contributed by atoms with E-state index < -0.39 is 16.1 Å². The number of nitrogens with zero attached hydrogens (tertiary/aromatic N) is 1. The van der Waals surface area contributed by atoms with Gasteiger partial charge in [0.15, 0.2) is 33.9 Å². The highest BCUT2D eigenvalue weighted by atomic mass is 32.2. The number of H-pyrrole nitrogens is 2. The molecule has 4 heterocycles. The molecular formula is C52H60N4O11S. The molecule has 6 aromatic rings. The maximum absolute atomic E-state index is 11.6. The Morgan fingerprint density at radius 3 is 1.43 bits per heavy atom. The Morgan fingerprint density at radius 1 is 0.647 bits per heavy atom. The summed E-state index contributed by atoms with van der Waals surface area (Å²) in [5, 5.41) is 11.6. The summed E-state index contributed by atoms with van der Waals surface area (Å²) in [6.45, 7) is 13.3. The molecule has 16 heteroatoms. The number of hydrogen-bond acceptors (Lipinski definition) is 11. The van der Waals surface area contributed by atoms with Crippen molar-refractivity contribution >= 4 is 21.8 Å². The number of benzene rings is 4. The van der Waals surface area contributed by atoms with Gasteiger partial charge in [-0.2, -0.15) is 8.42 Å². The number of ether oxygens (including phenoxy) is 4. The minimum atomic E-state index is -3.67. The van der Waals surface area contributed by atoms with E-state index in [-0.39, 0.29) is 16.6 Å². The van der Waals surface area contributed by atoms with Crippen LogP contribution in [0.25, 0.3) is 5.70 Å². The second kappa shape index (κ2) is 25.1. The number of aromatic carboxylic acids is 1. The first-order chi connectivity index (χ1) is 32.6. The van der Waals surface area contributed by atoms with E-state index in [2.05, 4.69) is 113 Å². The van der Waals surface area contributed by atoms with Crippen molar-refractivity contribution in [1.29, 1.82) is 0 Å². The number of aromatic nitrogens is 2. The van der Waals surface area contributed by atoms with Gasteiger partial charge in [-0.25, -0.2) is 4.79 Å². The van der Waals surface area contributed by atoms with Crippen LogP contribution in [-0.2, 0) is 36.2 Å². The van der Waals surface area contributed by atoms with E-state index in [4.69, 9.17) is 28.6 Å². The number of carbonyl (C=O) groups is 1. The molecule has 0 spiro atoms. The van der Waals surface area contributed by atoms with Gasteiger partial charge in [-0.05, 0) is 70.5 Å². The number of likely N-dealkylation sites (tertiary alicyclic amines) is 1. The Kier molecular flexibility index (Phi) is 19.2. The predicted molar refractivity (Wildman–Crippen MR) is 264 cm³/mol. The van der Waals surface area contributed by atoms with Crippen molar-refractivity contribution in [3.05, 3.63) is 193 Å². The third-order valence-electron chi connectivity index (χ3n) is 11.1. The van der Waals surface area contributed by atoms with Gasteiger partial charge in [0.1, 0.15) is 18.9 Å². The zero-order chi connectivity index (χ0) is 49.2. The van der Waals surface area contributed by atoms with Gasteiger partial charge in [0.2, 0.25) is 0 Å². The van der Waals surface area contributed by atoms with E-state index in [0.717, 1.165) is 85.0 Å². The summed E-state index contributed by atoms with van der Waals surface area (Å²) in [5.74, 6) is 2.97. The molecule has 0 saturated carbocycles. The van der Waals surface area contributed by atoms with E-state index >= 15 is 0 Å². The molecule has 360 valence electrons. The highest BCUT2D eigenvalue weighted by Gasteiger charge is 2.30. The minimum Gasteiger partial charge on any atom is -0.493 e. The topological polar surface area (TPSA) is 210 Å². The van der Waals surface area contributed by atoms with Crippen molar-refractivity contribution in [3.8, 4) is 23.0 Å². The number of rotatable bonds is 15. The Hall–Kier alpha value is -7.14. The van der Waals surface area contributed by atoms with E-state index in [0.29, 0.717) is 31.3 Å². The van der Waals surface area contributed by atoms with Crippen molar-refractivity contribution in [2.45, 2.75) is 51.7 Å². The number of aromatic amines is 2. The lowest BCUT2D eigenvalue weighted by Gasteiger charge is -2.42. The molecule has 4 aromatic carbocycles. The summed E-state index contributed by atoms with van der Waals surface area (Å²) < 4.78 is 48.9. The molecule has 0 aliphatic carbocycles. The lowest BCUT2D eigenvalue weighted by atomic mass is 9.90. The number of nitrogens with one attached hydrogen (secondary N) is 3. The van der Waals surface area contributed by atoms with Gasteiger partial charge in [-0.3, -0.25) is 14.1 Å². The fraction of sp³-hybridized carbons (Fsp3) is 0.288. The van der Waals surface area contributed by atoms with Crippen LogP contribution in [0.2, 0.25) is 0 Å². The van der Waals surface area contributed by atoms with Crippen LogP contribution >= 0.6 is 0 Å². The lowest BCUT2D eigenvalue weighted by molar-refractivity contribution is 0.0690. The molecule has 15 nitrogen and oxygen atoms in total. The van der Waals surface area contributed by atoms with Gasteiger partial charge in [0.05, 0.1) is 31.9 Å². The molecular weight excluding hydrogens is 889 g/mol. The minimum absolute atomic E-state index is 0.0198. The highest BCUT2D eigenvalue weighted by molar-refractivity contribution is 7.85. The number of aryl methyl sites for hydroxylation is 2. The molecule has 2 aliphatic heterocycles. The third kappa shape index (κ3) is 16.0. The largest absolute Gasteiger partial charge is 0.493 e. The van der Waals surface area contributed by atoms with Crippen LogP contribution in [0.5, 0.6) is 23.0 Å². The molecule has 0 radical (unpaired) electrons. The average molecular weight is 949 g/mol. The number of carboxylic acid groups (broad SMARTS) is 1. The molecule has 0 amide bonds. The number of hydrogen-bond donors (Lipinski definition) is 5. The van der Waals surface area contributed by atoms with Crippen molar-refractivity contribution in [2.24, 2.45) is 0 Å². The first-order valence-corrected chi connectivity index (χ1v) is 23.9. The van der Waals surface area contributed by atoms with Crippen molar-refractivity contribution in [1.82, 2.24) is 20.2 Å². The van der Waals surface area contributed by atoms with E-state index in [1.165, 1.54) is 46.1 Å². The lowest BCUT2D eigenvalue weighted by Crippen LogP contribution is -2.43. The van der Waals surface area contributed by atoms with Gasteiger partial charge in [0.25, 0.3) is 10.1 Å². The first kappa shape index (κ1) is 51.8. The zero-order valence-electron chi connectivity index (χ0n) is 39.0. The monoisotopic (exact) mass is 948 g/mol. The Bertz CT molecular complexity index is 2810. The average Bonchev–Trinajstić information content (AvgIpc) is 3.29.